The third-order valence-electron chi connectivity index (χ3n) is 2.52. The van der Waals surface area contributed by atoms with Gasteiger partial charge in [0, 0.05) is 17.9 Å². The Labute approximate surface area is 115 Å². The summed E-state index contributed by atoms with van der Waals surface area (Å²) >= 11 is 3.34. The molecule has 1 rings (SSSR count). The van der Waals surface area contributed by atoms with Crippen LogP contribution in [0.25, 0.3) is 0 Å². The number of rotatable bonds is 7. The molecule has 0 unspecified atom stereocenters. The second-order valence-electron chi connectivity index (χ2n) is 3.85. The smallest absolute Gasteiger partial charge is 0.254 e. The van der Waals surface area contributed by atoms with E-state index in [4.69, 9.17) is 4.74 Å². The Balaban J connectivity index is 2.46. The molecule has 1 aromatic rings. The molecule has 18 heavy (non-hydrogen) atoms. The molecule has 5 heteroatoms. The van der Waals surface area contributed by atoms with Gasteiger partial charge in [0.25, 0.3) is 5.91 Å². The van der Waals surface area contributed by atoms with Crippen molar-refractivity contribution < 1.29 is 13.9 Å². The summed E-state index contributed by atoms with van der Waals surface area (Å²) in [5.41, 5.74) is 0.0521. The number of nitrogens with one attached hydrogen (secondary N) is 1. The molecular formula is C13H17BrFNO2. The fourth-order valence-corrected chi connectivity index (χ4v) is 1.90. The summed E-state index contributed by atoms with van der Waals surface area (Å²) in [6, 6.07) is 4.21. The molecule has 1 aromatic carbocycles. The van der Waals surface area contributed by atoms with Gasteiger partial charge in [0.05, 0.1) is 12.7 Å². The van der Waals surface area contributed by atoms with Gasteiger partial charge >= 0.3 is 0 Å². The maximum atomic E-state index is 13.6. The molecule has 0 radical (unpaired) electrons. The van der Waals surface area contributed by atoms with E-state index in [0.29, 0.717) is 12.3 Å². The quantitative estimate of drug-likeness (QED) is 0.620. The molecule has 0 aliphatic rings. The summed E-state index contributed by atoms with van der Waals surface area (Å²) in [6.45, 7) is 0.567. The van der Waals surface area contributed by atoms with Crippen LogP contribution < -0.4 is 10.1 Å². The second-order valence-corrected chi connectivity index (χ2v) is 4.64. The average molecular weight is 318 g/mol. The summed E-state index contributed by atoms with van der Waals surface area (Å²) < 4.78 is 18.4. The number of hydrogen-bond donors (Lipinski definition) is 1. The summed E-state index contributed by atoms with van der Waals surface area (Å²) in [4.78, 5) is 11.7. The van der Waals surface area contributed by atoms with E-state index >= 15 is 0 Å². The highest BCUT2D eigenvalue weighted by Crippen LogP contribution is 2.16. The third-order valence-corrected chi connectivity index (χ3v) is 3.08. The number of ether oxygens (including phenoxy) is 1. The number of halogens is 2. The van der Waals surface area contributed by atoms with Gasteiger partial charge < -0.3 is 10.1 Å². The third kappa shape index (κ3) is 4.64. The summed E-state index contributed by atoms with van der Waals surface area (Å²) in [5, 5.41) is 3.67. The number of hydrogen-bond acceptors (Lipinski definition) is 2. The van der Waals surface area contributed by atoms with Gasteiger partial charge in [-0.3, -0.25) is 4.79 Å². The zero-order valence-corrected chi connectivity index (χ0v) is 11.9. The van der Waals surface area contributed by atoms with Crippen LogP contribution in [-0.4, -0.2) is 24.9 Å². The zero-order valence-electron chi connectivity index (χ0n) is 10.3. The second kappa shape index (κ2) is 8.08. The van der Waals surface area contributed by atoms with Crippen LogP contribution in [-0.2, 0) is 0 Å². The number of carbonyl (C=O) groups is 1. The van der Waals surface area contributed by atoms with Crippen molar-refractivity contribution in [3.8, 4) is 5.75 Å². The molecule has 0 atom stereocenters. The molecule has 3 nitrogen and oxygen atoms in total. The van der Waals surface area contributed by atoms with Gasteiger partial charge in [0.2, 0.25) is 0 Å². The molecule has 0 spiro atoms. The maximum Gasteiger partial charge on any atom is 0.254 e. The van der Waals surface area contributed by atoms with Crippen molar-refractivity contribution >= 4 is 21.8 Å². The lowest BCUT2D eigenvalue weighted by molar-refractivity contribution is 0.0949. The van der Waals surface area contributed by atoms with Gasteiger partial charge in [-0.05, 0) is 25.0 Å². The van der Waals surface area contributed by atoms with E-state index in [1.54, 1.807) is 6.07 Å². The van der Waals surface area contributed by atoms with Gasteiger partial charge in [0.1, 0.15) is 11.6 Å². The molecule has 100 valence electrons. The summed E-state index contributed by atoms with van der Waals surface area (Å²) in [5.74, 6) is -0.539. The predicted octanol–water partition coefficient (Wildman–Crippen LogP) is 3.13. The highest BCUT2D eigenvalue weighted by molar-refractivity contribution is 9.09. The van der Waals surface area contributed by atoms with E-state index in [1.807, 2.05) is 0 Å². The standard InChI is InChI=1S/C13H17BrFNO2/c1-18-10-5-6-11(12(15)9-10)13(17)16-8-4-2-3-7-14/h5-6,9H,2-4,7-8H2,1H3,(H,16,17). The van der Waals surface area contributed by atoms with Crippen LogP contribution in [0, 0.1) is 5.82 Å². The molecule has 0 saturated carbocycles. The predicted molar refractivity (Wildman–Crippen MR) is 72.9 cm³/mol. The fourth-order valence-electron chi connectivity index (χ4n) is 1.50. The molecule has 0 bridgehead atoms. The van der Waals surface area contributed by atoms with Gasteiger partial charge in [-0.15, -0.1) is 0 Å². The molecular weight excluding hydrogens is 301 g/mol. The molecule has 0 fully saturated rings. The van der Waals surface area contributed by atoms with Crippen LogP contribution in [0.3, 0.4) is 0 Å². The first kappa shape index (κ1) is 15.0. The van der Waals surface area contributed by atoms with Gasteiger partial charge in [-0.2, -0.15) is 0 Å². The van der Waals surface area contributed by atoms with E-state index in [0.717, 1.165) is 24.6 Å². The Hall–Kier alpha value is -1.10. The van der Waals surface area contributed by atoms with Crippen LogP contribution >= 0.6 is 15.9 Å². The van der Waals surface area contributed by atoms with E-state index in [2.05, 4.69) is 21.2 Å². The largest absolute Gasteiger partial charge is 0.497 e. The van der Waals surface area contributed by atoms with E-state index in [-0.39, 0.29) is 11.5 Å². The number of benzene rings is 1. The number of alkyl halides is 1. The lowest BCUT2D eigenvalue weighted by Gasteiger charge is -2.07. The summed E-state index contributed by atoms with van der Waals surface area (Å²) in [6.07, 6.45) is 3.01. The molecule has 0 heterocycles. The van der Waals surface area contributed by atoms with Crippen LogP contribution in [0.1, 0.15) is 29.6 Å². The number of carbonyl (C=O) groups excluding carboxylic acids is 1. The monoisotopic (exact) mass is 317 g/mol. The highest BCUT2D eigenvalue weighted by Gasteiger charge is 2.11. The van der Waals surface area contributed by atoms with Crippen molar-refractivity contribution in [1.29, 1.82) is 0 Å². The van der Waals surface area contributed by atoms with Crippen molar-refractivity contribution in [2.75, 3.05) is 19.0 Å². The molecule has 0 aromatic heterocycles. The molecule has 0 saturated heterocycles. The Kier molecular flexibility index (Phi) is 6.72. The van der Waals surface area contributed by atoms with Crippen LogP contribution in [0.4, 0.5) is 4.39 Å². The molecule has 1 N–H and O–H groups in total. The van der Waals surface area contributed by atoms with Crippen molar-refractivity contribution in [3.05, 3.63) is 29.6 Å². The minimum Gasteiger partial charge on any atom is -0.497 e. The average Bonchev–Trinajstić information content (AvgIpc) is 2.38. The fraction of sp³-hybridized carbons (Fsp3) is 0.462. The molecule has 1 amide bonds. The summed E-state index contributed by atoms with van der Waals surface area (Å²) in [7, 11) is 1.46. The Morgan fingerprint density at radius 1 is 1.39 bits per heavy atom. The van der Waals surface area contributed by atoms with Crippen LogP contribution in [0.5, 0.6) is 5.75 Å². The van der Waals surface area contributed by atoms with Crippen LogP contribution in [0.2, 0.25) is 0 Å². The Morgan fingerprint density at radius 2 is 2.17 bits per heavy atom. The first-order valence-electron chi connectivity index (χ1n) is 5.86. The highest BCUT2D eigenvalue weighted by atomic mass is 79.9. The Bertz CT molecular complexity index is 399. The topological polar surface area (TPSA) is 38.3 Å². The van der Waals surface area contributed by atoms with Crippen molar-refractivity contribution in [2.24, 2.45) is 0 Å². The van der Waals surface area contributed by atoms with E-state index in [9.17, 15) is 9.18 Å². The lowest BCUT2D eigenvalue weighted by Crippen LogP contribution is -2.25. The lowest BCUT2D eigenvalue weighted by atomic mass is 10.2. The minimum atomic E-state index is -0.563. The van der Waals surface area contributed by atoms with Crippen molar-refractivity contribution in [2.45, 2.75) is 19.3 Å². The molecule has 0 aliphatic carbocycles. The van der Waals surface area contributed by atoms with Gasteiger partial charge in [-0.25, -0.2) is 4.39 Å². The van der Waals surface area contributed by atoms with Gasteiger partial charge in [0.15, 0.2) is 0 Å². The SMILES string of the molecule is COc1ccc(C(=O)NCCCCCBr)c(F)c1. The maximum absolute atomic E-state index is 13.6. The Morgan fingerprint density at radius 3 is 2.78 bits per heavy atom. The number of amides is 1. The molecule has 0 aliphatic heterocycles. The van der Waals surface area contributed by atoms with Gasteiger partial charge in [-0.1, -0.05) is 22.4 Å². The van der Waals surface area contributed by atoms with Crippen LogP contribution in [0.15, 0.2) is 18.2 Å². The van der Waals surface area contributed by atoms with E-state index in [1.165, 1.54) is 19.2 Å². The van der Waals surface area contributed by atoms with Crippen molar-refractivity contribution in [3.63, 3.8) is 0 Å². The first-order chi connectivity index (χ1) is 8.69. The zero-order chi connectivity index (χ0) is 13.4. The van der Waals surface area contributed by atoms with Crippen molar-refractivity contribution in [1.82, 2.24) is 5.32 Å². The number of unbranched alkanes of at least 4 members (excludes halogenated alkanes) is 2. The first-order valence-corrected chi connectivity index (χ1v) is 6.99. The minimum absolute atomic E-state index is 0.0521. The number of methoxy groups -OCH3 is 1. The van der Waals surface area contributed by atoms with E-state index < -0.39 is 5.82 Å². The normalized spacial score (nSPS) is 10.2.